The summed E-state index contributed by atoms with van der Waals surface area (Å²) < 4.78 is 4.38. The Bertz CT molecular complexity index is 680. The molecule has 0 spiro atoms. The summed E-state index contributed by atoms with van der Waals surface area (Å²) in [5.74, 6) is 0.683. The van der Waals surface area contributed by atoms with Gasteiger partial charge in [0.1, 0.15) is 0 Å². The molecular formula is C16H16N2O2S. The van der Waals surface area contributed by atoms with E-state index in [9.17, 15) is 9.59 Å². The van der Waals surface area contributed by atoms with Gasteiger partial charge in [0, 0.05) is 16.0 Å². The molecule has 21 heavy (non-hydrogen) atoms. The SMILES string of the molecule is O=C1C2=C(CCC=C2)C(=O)N1c1cc(C2CCCC2)sn1. The van der Waals surface area contributed by atoms with E-state index >= 15 is 0 Å². The number of hydrogen-bond acceptors (Lipinski definition) is 4. The Morgan fingerprint density at radius 2 is 2.00 bits per heavy atom. The number of aromatic nitrogens is 1. The van der Waals surface area contributed by atoms with Crippen molar-refractivity contribution < 1.29 is 9.59 Å². The van der Waals surface area contributed by atoms with Gasteiger partial charge in [-0.3, -0.25) is 9.59 Å². The van der Waals surface area contributed by atoms with Crippen LogP contribution < -0.4 is 4.90 Å². The molecule has 1 aromatic rings. The summed E-state index contributed by atoms with van der Waals surface area (Å²) in [5, 5.41) is 0. The normalized spacial score (nSPS) is 22.6. The van der Waals surface area contributed by atoms with E-state index in [1.807, 2.05) is 12.1 Å². The van der Waals surface area contributed by atoms with Crippen LogP contribution in [0.5, 0.6) is 0 Å². The molecule has 4 rings (SSSR count). The van der Waals surface area contributed by atoms with Gasteiger partial charge in [-0.25, -0.2) is 4.90 Å². The molecule has 2 aliphatic carbocycles. The van der Waals surface area contributed by atoms with Crippen molar-refractivity contribution in [1.29, 1.82) is 0 Å². The van der Waals surface area contributed by atoms with E-state index in [0.717, 1.165) is 6.42 Å². The van der Waals surface area contributed by atoms with E-state index < -0.39 is 0 Å². The number of anilines is 1. The van der Waals surface area contributed by atoms with Crippen LogP contribution in [0.15, 0.2) is 29.4 Å². The first-order valence-electron chi connectivity index (χ1n) is 7.51. The lowest BCUT2D eigenvalue weighted by Gasteiger charge is -2.11. The van der Waals surface area contributed by atoms with Crippen molar-refractivity contribution in [1.82, 2.24) is 4.37 Å². The highest BCUT2D eigenvalue weighted by Crippen LogP contribution is 2.39. The predicted octanol–water partition coefficient (Wildman–Crippen LogP) is 3.32. The molecule has 4 nitrogen and oxygen atoms in total. The minimum absolute atomic E-state index is 0.178. The van der Waals surface area contributed by atoms with Gasteiger partial charge in [0.05, 0.1) is 0 Å². The number of carbonyl (C=O) groups is 2. The molecule has 5 heteroatoms. The number of imide groups is 1. The van der Waals surface area contributed by atoms with Crippen molar-refractivity contribution in [3.63, 3.8) is 0 Å². The zero-order chi connectivity index (χ0) is 14.4. The van der Waals surface area contributed by atoms with Crippen LogP contribution in [0.25, 0.3) is 0 Å². The molecule has 3 aliphatic rings. The third kappa shape index (κ3) is 1.99. The third-order valence-electron chi connectivity index (χ3n) is 4.57. The van der Waals surface area contributed by atoms with Crippen LogP contribution in [-0.4, -0.2) is 16.2 Å². The first-order valence-corrected chi connectivity index (χ1v) is 8.28. The van der Waals surface area contributed by atoms with Gasteiger partial charge >= 0.3 is 0 Å². The third-order valence-corrected chi connectivity index (χ3v) is 5.51. The fourth-order valence-corrected chi connectivity index (χ4v) is 4.31. The standard InChI is InChI=1S/C16H16N2O2S/c19-15-11-7-3-4-8-12(11)16(20)18(15)14-9-13(21-17-14)10-5-1-2-6-10/h3,7,9-10H,1-2,4-6,8H2. The van der Waals surface area contributed by atoms with Gasteiger partial charge in [-0.1, -0.05) is 25.0 Å². The van der Waals surface area contributed by atoms with Crippen LogP contribution in [0, 0.1) is 0 Å². The van der Waals surface area contributed by atoms with Gasteiger partial charge in [-0.15, -0.1) is 0 Å². The molecule has 108 valence electrons. The topological polar surface area (TPSA) is 50.3 Å². The zero-order valence-electron chi connectivity index (χ0n) is 11.7. The van der Waals surface area contributed by atoms with Gasteiger partial charge < -0.3 is 0 Å². The van der Waals surface area contributed by atoms with Crippen molar-refractivity contribution in [3.8, 4) is 0 Å². The van der Waals surface area contributed by atoms with Crippen molar-refractivity contribution in [2.24, 2.45) is 0 Å². The fourth-order valence-electron chi connectivity index (χ4n) is 3.43. The number of amides is 2. The van der Waals surface area contributed by atoms with Crippen LogP contribution in [0.1, 0.15) is 49.3 Å². The van der Waals surface area contributed by atoms with Crippen LogP contribution in [0.4, 0.5) is 5.82 Å². The maximum absolute atomic E-state index is 12.5. The highest BCUT2D eigenvalue weighted by molar-refractivity contribution is 7.06. The lowest BCUT2D eigenvalue weighted by molar-refractivity contribution is -0.120. The molecular weight excluding hydrogens is 284 g/mol. The monoisotopic (exact) mass is 300 g/mol. The maximum atomic E-state index is 12.5. The molecule has 1 aliphatic heterocycles. The number of rotatable bonds is 2. The Labute approximate surface area is 127 Å². The van der Waals surface area contributed by atoms with E-state index in [4.69, 9.17) is 0 Å². The quantitative estimate of drug-likeness (QED) is 0.787. The minimum Gasteiger partial charge on any atom is -0.268 e. The summed E-state index contributed by atoms with van der Waals surface area (Å²) in [6, 6.07) is 1.94. The molecule has 1 saturated carbocycles. The summed E-state index contributed by atoms with van der Waals surface area (Å²) in [6.45, 7) is 0. The van der Waals surface area contributed by atoms with Gasteiger partial charge in [-0.05, 0) is 49.2 Å². The molecule has 1 aromatic heterocycles. The average molecular weight is 300 g/mol. The van der Waals surface area contributed by atoms with Crippen LogP contribution >= 0.6 is 11.5 Å². The number of nitrogens with zero attached hydrogens (tertiary/aromatic N) is 2. The highest BCUT2D eigenvalue weighted by atomic mass is 32.1. The Balaban J connectivity index is 1.64. The Morgan fingerprint density at radius 1 is 1.19 bits per heavy atom. The fraction of sp³-hybridized carbons (Fsp3) is 0.438. The predicted molar refractivity (Wildman–Crippen MR) is 81.2 cm³/mol. The van der Waals surface area contributed by atoms with E-state index in [1.54, 1.807) is 6.08 Å². The first-order chi connectivity index (χ1) is 10.3. The molecule has 1 fully saturated rings. The second-order valence-corrected chi connectivity index (χ2v) is 6.68. The van der Waals surface area contributed by atoms with Gasteiger partial charge in [0.15, 0.2) is 5.82 Å². The van der Waals surface area contributed by atoms with Crippen LogP contribution in [0.2, 0.25) is 0 Å². The Hall–Kier alpha value is -1.75. The summed E-state index contributed by atoms with van der Waals surface area (Å²) >= 11 is 1.44. The molecule has 2 amide bonds. The van der Waals surface area contributed by atoms with Crippen molar-refractivity contribution >= 4 is 29.2 Å². The molecule has 2 heterocycles. The van der Waals surface area contributed by atoms with Gasteiger partial charge in [-0.2, -0.15) is 4.37 Å². The summed E-state index contributed by atoms with van der Waals surface area (Å²) in [5.41, 5.74) is 1.21. The van der Waals surface area contributed by atoms with E-state index in [-0.39, 0.29) is 11.8 Å². The summed E-state index contributed by atoms with van der Waals surface area (Å²) in [6.07, 6.45) is 10.1. The minimum atomic E-state index is -0.214. The highest BCUT2D eigenvalue weighted by Gasteiger charge is 2.39. The molecule has 0 atom stereocenters. The van der Waals surface area contributed by atoms with E-state index in [0.29, 0.717) is 29.3 Å². The zero-order valence-corrected chi connectivity index (χ0v) is 12.5. The average Bonchev–Trinajstić information content (AvgIpc) is 3.21. The summed E-state index contributed by atoms with van der Waals surface area (Å²) in [7, 11) is 0. The van der Waals surface area contributed by atoms with Crippen molar-refractivity contribution in [3.05, 3.63) is 34.2 Å². The lowest BCUT2D eigenvalue weighted by Crippen LogP contribution is -2.31. The number of carbonyl (C=O) groups excluding carboxylic acids is 2. The van der Waals surface area contributed by atoms with Crippen LogP contribution in [0.3, 0.4) is 0 Å². The van der Waals surface area contributed by atoms with Gasteiger partial charge in [0.2, 0.25) is 0 Å². The molecule has 0 saturated heterocycles. The summed E-state index contributed by atoms with van der Waals surface area (Å²) in [4.78, 5) is 27.4. The maximum Gasteiger partial charge on any atom is 0.267 e. The Morgan fingerprint density at radius 3 is 2.76 bits per heavy atom. The second-order valence-electron chi connectivity index (χ2n) is 5.85. The van der Waals surface area contributed by atoms with E-state index in [1.165, 1.54) is 47.0 Å². The molecule has 0 bridgehead atoms. The lowest BCUT2D eigenvalue weighted by atomic mass is 10.00. The Kier molecular flexibility index (Phi) is 3.03. The van der Waals surface area contributed by atoms with Crippen LogP contribution in [-0.2, 0) is 9.59 Å². The molecule has 0 radical (unpaired) electrons. The van der Waals surface area contributed by atoms with Crippen molar-refractivity contribution in [2.45, 2.75) is 44.4 Å². The molecule has 0 N–H and O–H groups in total. The number of allylic oxidation sites excluding steroid dienone is 1. The largest absolute Gasteiger partial charge is 0.268 e. The molecule has 0 aromatic carbocycles. The molecule has 0 unspecified atom stereocenters. The van der Waals surface area contributed by atoms with E-state index in [2.05, 4.69) is 4.37 Å². The smallest absolute Gasteiger partial charge is 0.267 e. The number of hydrogen-bond donors (Lipinski definition) is 0. The second kappa shape index (κ2) is 4.91. The van der Waals surface area contributed by atoms with Gasteiger partial charge in [0.25, 0.3) is 11.8 Å². The first kappa shape index (κ1) is 13.0. The van der Waals surface area contributed by atoms with Crippen molar-refractivity contribution in [2.75, 3.05) is 4.90 Å².